The second-order valence-electron chi connectivity index (χ2n) is 4.98. The van der Waals surface area contributed by atoms with Gasteiger partial charge in [-0.3, -0.25) is 14.9 Å². The van der Waals surface area contributed by atoms with Crippen LogP contribution in [0.1, 0.15) is 11.1 Å². The van der Waals surface area contributed by atoms with Crippen LogP contribution in [0.4, 0.5) is 5.69 Å². The summed E-state index contributed by atoms with van der Waals surface area (Å²) in [4.78, 5) is 21.4. The molecule has 2 aromatic carbocycles. The Morgan fingerprint density at radius 2 is 1.91 bits per heavy atom. The summed E-state index contributed by atoms with van der Waals surface area (Å²) in [7, 11) is 0. The maximum atomic E-state index is 11.2. The quantitative estimate of drug-likeness (QED) is 0.597. The fraction of sp³-hybridized carbons (Fsp3) is 0.188. The summed E-state index contributed by atoms with van der Waals surface area (Å²) in [6, 6.07) is 12.5. The number of nitro groups is 1. The number of hydrogen-bond acceptors (Lipinski definition) is 5. The van der Waals surface area contributed by atoms with Gasteiger partial charge < -0.3 is 15.6 Å². The number of ether oxygens (including phenoxy) is 1. The number of carboxylic acid groups (broad SMARTS) is 1. The Bertz CT molecular complexity index is 703. The predicted octanol–water partition coefficient (Wildman–Crippen LogP) is 2.13. The first kappa shape index (κ1) is 16.4. The Kier molecular flexibility index (Phi) is 5.27. The zero-order valence-electron chi connectivity index (χ0n) is 12.2. The first-order valence-corrected chi connectivity index (χ1v) is 6.90. The summed E-state index contributed by atoms with van der Waals surface area (Å²) < 4.78 is 5.50. The van der Waals surface area contributed by atoms with Crippen molar-refractivity contribution in [3.63, 3.8) is 0 Å². The van der Waals surface area contributed by atoms with Gasteiger partial charge in [-0.25, -0.2) is 0 Å². The lowest BCUT2D eigenvalue weighted by Gasteiger charge is -2.10. The average Bonchev–Trinajstić information content (AvgIpc) is 2.54. The van der Waals surface area contributed by atoms with Crippen molar-refractivity contribution in [3.8, 4) is 5.75 Å². The number of nitro benzene ring substituents is 1. The number of hydrogen-bond donors (Lipinski definition) is 2. The van der Waals surface area contributed by atoms with Gasteiger partial charge in [0.05, 0.1) is 4.92 Å². The van der Waals surface area contributed by atoms with E-state index >= 15 is 0 Å². The van der Waals surface area contributed by atoms with Crippen LogP contribution in [0.5, 0.6) is 5.75 Å². The van der Waals surface area contributed by atoms with Gasteiger partial charge in [-0.2, -0.15) is 0 Å². The molecule has 0 saturated carbocycles. The van der Waals surface area contributed by atoms with Crippen LogP contribution in [0.2, 0.25) is 0 Å². The molecule has 0 aromatic heterocycles. The van der Waals surface area contributed by atoms with E-state index in [9.17, 15) is 14.9 Å². The van der Waals surface area contributed by atoms with Gasteiger partial charge in [-0.15, -0.1) is 0 Å². The molecule has 7 heteroatoms. The van der Waals surface area contributed by atoms with Crippen LogP contribution in [-0.4, -0.2) is 22.0 Å². The van der Waals surface area contributed by atoms with Gasteiger partial charge in [0.15, 0.2) is 5.75 Å². The van der Waals surface area contributed by atoms with Crippen molar-refractivity contribution < 1.29 is 19.6 Å². The highest BCUT2D eigenvalue weighted by Gasteiger charge is 2.19. The van der Waals surface area contributed by atoms with Crippen molar-refractivity contribution >= 4 is 11.7 Å². The molecule has 2 aromatic rings. The van der Waals surface area contributed by atoms with E-state index in [1.165, 1.54) is 12.1 Å². The summed E-state index contributed by atoms with van der Waals surface area (Å²) >= 11 is 0. The zero-order valence-corrected chi connectivity index (χ0v) is 12.2. The van der Waals surface area contributed by atoms with Crippen LogP contribution in [0.3, 0.4) is 0 Å². The van der Waals surface area contributed by atoms with Crippen LogP contribution >= 0.6 is 0 Å². The van der Waals surface area contributed by atoms with Gasteiger partial charge in [0.2, 0.25) is 0 Å². The Hall–Kier alpha value is -2.93. The third-order valence-electron chi connectivity index (χ3n) is 3.23. The summed E-state index contributed by atoms with van der Waals surface area (Å²) in [5.41, 5.74) is 6.59. The van der Waals surface area contributed by atoms with Gasteiger partial charge >= 0.3 is 11.7 Å². The molecule has 0 amide bonds. The highest BCUT2D eigenvalue weighted by molar-refractivity contribution is 5.73. The first-order valence-electron chi connectivity index (χ1n) is 6.90. The normalized spacial score (nSPS) is 11.7. The molecule has 0 saturated heterocycles. The van der Waals surface area contributed by atoms with Gasteiger partial charge in [0.1, 0.15) is 12.6 Å². The SMILES string of the molecule is N[C@@H](Cc1ccc(OCc2ccccc2)c([N+](=O)[O-])c1)C(=O)O. The Labute approximate surface area is 132 Å². The summed E-state index contributed by atoms with van der Waals surface area (Å²) in [5.74, 6) is -1.02. The number of nitrogens with zero attached hydrogens (tertiary/aromatic N) is 1. The minimum Gasteiger partial charge on any atom is -0.482 e. The molecule has 0 aliphatic heterocycles. The molecule has 0 heterocycles. The van der Waals surface area contributed by atoms with Gasteiger partial charge in [-0.1, -0.05) is 36.4 Å². The van der Waals surface area contributed by atoms with Gasteiger partial charge in [0, 0.05) is 6.07 Å². The van der Waals surface area contributed by atoms with Crippen LogP contribution in [-0.2, 0) is 17.8 Å². The largest absolute Gasteiger partial charge is 0.482 e. The smallest absolute Gasteiger partial charge is 0.320 e. The van der Waals surface area contributed by atoms with E-state index in [0.29, 0.717) is 5.56 Å². The third-order valence-corrected chi connectivity index (χ3v) is 3.23. The molecule has 120 valence electrons. The lowest BCUT2D eigenvalue weighted by Crippen LogP contribution is -2.32. The maximum absolute atomic E-state index is 11.2. The summed E-state index contributed by atoms with van der Waals surface area (Å²) in [6.07, 6.45) is 0.00907. The van der Waals surface area contributed by atoms with E-state index in [1.807, 2.05) is 30.3 Å². The van der Waals surface area contributed by atoms with E-state index in [2.05, 4.69) is 0 Å². The molecule has 1 atom stereocenters. The molecule has 0 spiro atoms. The molecule has 0 aliphatic carbocycles. The molecule has 0 aliphatic rings. The minimum absolute atomic E-state index is 0.00907. The van der Waals surface area contributed by atoms with Gasteiger partial charge in [0.25, 0.3) is 0 Å². The summed E-state index contributed by atoms with van der Waals surface area (Å²) in [6.45, 7) is 0.204. The molecule has 7 nitrogen and oxygen atoms in total. The fourth-order valence-corrected chi connectivity index (χ4v) is 2.03. The number of carbonyl (C=O) groups is 1. The van der Waals surface area contributed by atoms with E-state index < -0.39 is 16.9 Å². The first-order chi connectivity index (χ1) is 11.0. The van der Waals surface area contributed by atoms with Gasteiger partial charge in [-0.05, 0) is 23.6 Å². The standard InChI is InChI=1S/C16H16N2O5/c17-13(16(19)20)8-12-6-7-15(14(9-12)18(21)22)23-10-11-4-2-1-3-5-11/h1-7,9,13H,8,10,17H2,(H,19,20)/t13-/m0/s1. The van der Waals surface area contributed by atoms with Crippen molar-refractivity contribution in [2.24, 2.45) is 5.73 Å². The lowest BCUT2D eigenvalue weighted by molar-refractivity contribution is -0.386. The highest BCUT2D eigenvalue weighted by atomic mass is 16.6. The lowest BCUT2D eigenvalue weighted by atomic mass is 10.1. The summed E-state index contributed by atoms with van der Waals surface area (Å²) in [5, 5.41) is 20.0. The molecule has 3 N–H and O–H groups in total. The molecule has 0 bridgehead atoms. The molecular weight excluding hydrogens is 300 g/mol. The second-order valence-corrected chi connectivity index (χ2v) is 4.98. The highest BCUT2D eigenvalue weighted by Crippen LogP contribution is 2.29. The monoisotopic (exact) mass is 316 g/mol. The molecule has 2 rings (SSSR count). The van der Waals surface area contributed by atoms with Crippen molar-refractivity contribution in [2.75, 3.05) is 0 Å². The van der Waals surface area contributed by atoms with Crippen molar-refractivity contribution in [2.45, 2.75) is 19.1 Å². The molecular formula is C16H16N2O5. The number of benzene rings is 2. The van der Waals surface area contributed by atoms with Crippen LogP contribution in [0.25, 0.3) is 0 Å². The van der Waals surface area contributed by atoms with E-state index in [0.717, 1.165) is 5.56 Å². The van der Waals surface area contributed by atoms with E-state index in [1.54, 1.807) is 6.07 Å². The Balaban J connectivity index is 2.16. The Morgan fingerprint density at radius 1 is 1.22 bits per heavy atom. The number of nitrogens with two attached hydrogens (primary N) is 1. The Morgan fingerprint density at radius 3 is 2.52 bits per heavy atom. The fourth-order valence-electron chi connectivity index (χ4n) is 2.03. The molecule has 0 unspecified atom stereocenters. The van der Waals surface area contributed by atoms with Crippen molar-refractivity contribution in [3.05, 3.63) is 69.8 Å². The second kappa shape index (κ2) is 7.37. The van der Waals surface area contributed by atoms with Crippen LogP contribution in [0.15, 0.2) is 48.5 Å². The van der Waals surface area contributed by atoms with Crippen LogP contribution < -0.4 is 10.5 Å². The number of carboxylic acids is 1. The van der Waals surface area contributed by atoms with Crippen molar-refractivity contribution in [1.29, 1.82) is 0 Å². The molecule has 0 fully saturated rings. The predicted molar refractivity (Wildman–Crippen MR) is 83.2 cm³/mol. The number of rotatable bonds is 7. The minimum atomic E-state index is -1.16. The van der Waals surface area contributed by atoms with Crippen molar-refractivity contribution in [1.82, 2.24) is 0 Å². The zero-order chi connectivity index (χ0) is 16.8. The van der Waals surface area contributed by atoms with E-state index in [-0.39, 0.29) is 24.5 Å². The average molecular weight is 316 g/mol. The van der Waals surface area contributed by atoms with E-state index in [4.69, 9.17) is 15.6 Å². The number of aliphatic carboxylic acids is 1. The molecule has 23 heavy (non-hydrogen) atoms. The third kappa shape index (κ3) is 4.52. The maximum Gasteiger partial charge on any atom is 0.320 e. The van der Waals surface area contributed by atoms with Crippen LogP contribution in [0, 0.1) is 10.1 Å². The molecule has 0 radical (unpaired) electrons. The topological polar surface area (TPSA) is 116 Å².